The van der Waals surface area contributed by atoms with E-state index in [0.29, 0.717) is 5.56 Å². The smallest absolute Gasteiger partial charge is 0.329 e. The summed E-state index contributed by atoms with van der Waals surface area (Å²) in [6.45, 7) is 6.02. The van der Waals surface area contributed by atoms with Gasteiger partial charge in [0.15, 0.2) is 0 Å². The van der Waals surface area contributed by atoms with Gasteiger partial charge in [-0.2, -0.15) is 0 Å². The van der Waals surface area contributed by atoms with E-state index < -0.39 is 12.0 Å². The van der Waals surface area contributed by atoms with E-state index in [1.807, 2.05) is 63.2 Å². The largest absolute Gasteiger partial charge is 0.490 e. The summed E-state index contributed by atoms with van der Waals surface area (Å²) in [6.07, 6.45) is 0. The van der Waals surface area contributed by atoms with Crippen LogP contribution in [0.4, 0.5) is 0 Å². The van der Waals surface area contributed by atoms with Crippen molar-refractivity contribution in [2.75, 3.05) is 13.2 Å². The Balaban J connectivity index is 1.85. The highest BCUT2D eigenvalue weighted by Crippen LogP contribution is 2.10. The van der Waals surface area contributed by atoms with Crippen LogP contribution in [0.1, 0.15) is 29.8 Å². The molecule has 138 valence electrons. The molecule has 0 heterocycles. The van der Waals surface area contributed by atoms with Gasteiger partial charge >= 0.3 is 5.97 Å². The predicted octanol–water partition coefficient (Wildman–Crippen LogP) is 3.37. The molecule has 0 aliphatic heterocycles. The second-order valence-electron chi connectivity index (χ2n) is 6.39. The Kier molecular flexibility index (Phi) is 7.21. The molecular weight excluding hydrogens is 330 g/mol. The van der Waals surface area contributed by atoms with Crippen LogP contribution in [0.3, 0.4) is 0 Å². The average molecular weight is 355 g/mol. The van der Waals surface area contributed by atoms with Crippen molar-refractivity contribution in [1.82, 2.24) is 5.32 Å². The van der Waals surface area contributed by atoms with Crippen molar-refractivity contribution in [3.8, 4) is 5.75 Å². The lowest BCUT2D eigenvalue weighted by atomic mass is 10.0. The number of rotatable bonds is 8. The molecule has 5 nitrogen and oxygen atoms in total. The van der Waals surface area contributed by atoms with Crippen LogP contribution in [0.15, 0.2) is 54.6 Å². The van der Waals surface area contributed by atoms with Gasteiger partial charge in [0.2, 0.25) is 0 Å². The minimum absolute atomic E-state index is 0.0914. The van der Waals surface area contributed by atoms with Crippen LogP contribution in [-0.2, 0) is 9.53 Å². The molecule has 0 unspecified atom stereocenters. The van der Waals surface area contributed by atoms with Crippen molar-refractivity contribution in [2.45, 2.75) is 26.8 Å². The molecule has 0 bridgehead atoms. The van der Waals surface area contributed by atoms with Crippen LogP contribution in [0.5, 0.6) is 5.75 Å². The molecule has 2 aromatic rings. The van der Waals surface area contributed by atoms with E-state index in [1.165, 1.54) is 0 Å². The van der Waals surface area contributed by atoms with Gasteiger partial charge in [-0.05, 0) is 37.1 Å². The maximum absolute atomic E-state index is 12.4. The number of para-hydroxylation sites is 1. The minimum Gasteiger partial charge on any atom is -0.490 e. The Labute approximate surface area is 154 Å². The van der Waals surface area contributed by atoms with Crippen LogP contribution < -0.4 is 10.1 Å². The molecule has 2 aromatic carbocycles. The van der Waals surface area contributed by atoms with Crippen LogP contribution in [-0.4, -0.2) is 31.1 Å². The monoisotopic (exact) mass is 355 g/mol. The first kappa shape index (κ1) is 19.5. The third-order valence-electron chi connectivity index (χ3n) is 3.83. The molecule has 1 amide bonds. The van der Waals surface area contributed by atoms with Crippen LogP contribution in [0.25, 0.3) is 0 Å². The summed E-state index contributed by atoms with van der Waals surface area (Å²) < 4.78 is 10.8. The number of benzene rings is 2. The zero-order valence-electron chi connectivity index (χ0n) is 15.4. The summed E-state index contributed by atoms with van der Waals surface area (Å²) in [5.41, 5.74) is 1.51. The van der Waals surface area contributed by atoms with E-state index in [4.69, 9.17) is 9.47 Å². The number of carbonyl (C=O) groups is 2. The Hall–Kier alpha value is -2.82. The van der Waals surface area contributed by atoms with Gasteiger partial charge in [-0.15, -0.1) is 0 Å². The SMILES string of the molecule is Cc1cccc(C(=O)N[C@@H](C(=O)OCCOc2ccccc2)C(C)C)c1. The molecule has 0 saturated carbocycles. The molecule has 0 spiro atoms. The van der Waals surface area contributed by atoms with Crippen molar-refractivity contribution < 1.29 is 19.1 Å². The van der Waals surface area contributed by atoms with Crippen molar-refractivity contribution in [1.29, 1.82) is 0 Å². The number of ether oxygens (including phenoxy) is 2. The quantitative estimate of drug-likeness (QED) is 0.582. The fourth-order valence-corrected chi connectivity index (χ4v) is 2.42. The summed E-state index contributed by atoms with van der Waals surface area (Å²) in [6, 6.07) is 15.8. The highest BCUT2D eigenvalue weighted by molar-refractivity contribution is 5.97. The number of hydrogen-bond acceptors (Lipinski definition) is 4. The highest BCUT2D eigenvalue weighted by Gasteiger charge is 2.26. The first-order valence-corrected chi connectivity index (χ1v) is 8.69. The van der Waals surface area contributed by atoms with Crippen LogP contribution in [0, 0.1) is 12.8 Å². The summed E-state index contributed by atoms with van der Waals surface area (Å²) in [5.74, 6) is -0.120. The molecule has 0 fully saturated rings. The van der Waals surface area contributed by atoms with E-state index in [-0.39, 0.29) is 25.0 Å². The molecule has 0 saturated heterocycles. The topological polar surface area (TPSA) is 64.6 Å². The minimum atomic E-state index is -0.709. The molecule has 26 heavy (non-hydrogen) atoms. The molecule has 1 N–H and O–H groups in total. The van der Waals surface area contributed by atoms with Gasteiger partial charge in [0.1, 0.15) is 25.0 Å². The number of aryl methyl sites for hydroxylation is 1. The zero-order valence-corrected chi connectivity index (χ0v) is 15.4. The second kappa shape index (κ2) is 9.61. The first-order valence-electron chi connectivity index (χ1n) is 8.69. The molecule has 0 aliphatic carbocycles. The number of amides is 1. The van der Waals surface area contributed by atoms with Crippen molar-refractivity contribution >= 4 is 11.9 Å². The maximum Gasteiger partial charge on any atom is 0.329 e. The number of nitrogens with one attached hydrogen (secondary N) is 1. The van der Waals surface area contributed by atoms with Gasteiger partial charge in [-0.25, -0.2) is 4.79 Å². The zero-order chi connectivity index (χ0) is 18.9. The van der Waals surface area contributed by atoms with Crippen LogP contribution in [0.2, 0.25) is 0 Å². The van der Waals surface area contributed by atoms with Crippen molar-refractivity contribution in [3.63, 3.8) is 0 Å². The third kappa shape index (κ3) is 5.92. The fraction of sp³-hybridized carbons (Fsp3) is 0.333. The van der Waals surface area contributed by atoms with E-state index in [9.17, 15) is 9.59 Å². The van der Waals surface area contributed by atoms with Gasteiger partial charge < -0.3 is 14.8 Å². The standard InChI is InChI=1S/C21H25NO4/c1-15(2)19(22-20(23)17-9-7-8-16(3)14-17)21(24)26-13-12-25-18-10-5-4-6-11-18/h4-11,14-15,19H,12-13H2,1-3H3,(H,22,23)/t19-/m1/s1. The van der Waals surface area contributed by atoms with Crippen LogP contribution >= 0.6 is 0 Å². The number of carbonyl (C=O) groups excluding carboxylic acids is 2. The second-order valence-corrected chi connectivity index (χ2v) is 6.39. The van der Waals surface area contributed by atoms with Gasteiger partial charge in [0.25, 0.3) is 5.91 Å². The highest BCUT2D eigenvalue weighted by atomic mass is 16.6. The molecule has 0 aliphatic rings. The molecule has 1 atom stereocenters. The summed E-state index contributed by atoms with van der Waals surface area (Å²) in [5, 5.41) is 2.76. The lowest BCUT2D eigenvalue weighted by Gasteiger charge is -2.21. The van der Waals surface area contributed by atoms with E-state index in [2.05, 4.69) is 5.32 Å². The average Bonchev–Trinajstić information content (AvgIpc) is 2.63. The molecule has 2 rings (SSSR count). The maximum atomic E-state index is 12.4. The van der Waals surface area contributed by atoms with E-state index >= 15 is 0 Å². The Morgan fingerprint density at radius 1 is 1.00 bits per heavy atom. The van der Waals surface area contributed by atoms with Gasteiger partial charge in [0, 0.05) is 5.56 Å². The number of hydrogen-bond donors (Lipinski definition) is 1. The lowest BCUT2D eigenvalue weighted by Crippen LogP contribution is -2.45. The Bertz CT molecular complexity index is 728. The Morgan fingerprint density at radius 3 is 2.38 bits per heavy atom. The first-order chi connectivity index (χ1) is 12.5. The summed E-state index contributed by atoms with van der Waals surface area (Å²) in [7, 11) is 0. The predicted molar refractivity (Wildman–Crippen MR) is 100 cm³/mol. The fourth-order valence-electron chi connectivity index (χ4n) is 2.42. The molecule has 0 aromatic heterocycles. The van der Waals surface area contributed by atoms with Crippen molar-refractivity contribution in [2.24, 2.45) is 5.92 Å². The molecule has 0 radical (unpaired) electrons. The number of esters is 1. The molecule has 5 heteroatoms. The van der Waals surface area contributed by atoms with Gasteiger partial charge in [0.05, 0.1) is 0 Å². The lowest BCUT2D eigenvalue weighted by molar-refractivity contribution is -0.147. The van der Waals surface area contributed by atoms with E-state index in [0.717, 1.165) is 11.3 Å². The summed E-state index contributed by atoms with van der Waals surface area (Å²) >= 11 is 0. The normalized spacial score (nSPS) is 11.7. The molecular formula is C21H25NO4. The van der Waals surface area contributed by atoms with Crippen molar-refractivity contribution in [3.05, 3.63) is 65.7 Å². The Morgan fingerprint density at radius 2 is 1.73 bits per heavy atom. The van der Waals surface area contributed by atoms with Gasteiger partial charge in [-0.3, -0.25) is 4.79 Å². The third-order valence-corrected chi connectivity index (χ3v) is 3.83. The van der Waals surface area contributed by atoms with Gasteiger partial charge in [-0.1, -0.05) is 49.7 Å². The summed E-state index contributed by atoms with van der Waals surface area (Å²) in [4.78, 5) is 24.7. The van der Waals surface area contributed by atoms with E-state index in [1.54, 1.807) is 12.1 Å².